The summed E-state index contributed by atoms with van der Waals surface area (Å²) in [5, 5.41) is 29.7. The first-order valence-electron chi connectivity index (χ1n) is 6.79. The number of nitrogens with zero attached hydrogens (tertiary/aromatic N) is 4. The Morgan fingerprint density at radius 1 is 1.40 bits per heavy atom. The standard InChI is InChI=1S/C13H21N5O2/c1-8-9(2)15-16-13(11(8)12(14)17-20)18(6-7-19)10-4-3-5-10/h10,19-20H,3-7H2,1-2H3,(H2,14,17). The summed E-state index contributed by atoms with van der Waals surface area (Å²) < 4.78 is 0. The van der Waals surface area contributed by atoms with E-state index in [-0.39, 0.29) is 12.4 Å². The molecule has 7 nitrogen and oxygen atoms in total. The predicted molar refractivity (Wildman–Crippen MR) is 76.1 cm³/mol. The summed E-state index contributed by atoms with van der Waals surface area (Å²) in [5.74, 6) is 0.611. The molecule has 1 aromatic rings. The second-order valence-corrected chi connectivity index (χ2v) is 5.10. The van der Waals surface area contributed by atoms with E-state index in [4.69, 9.17) is 10.9 Å². The fraction of sp³-hybridized carbons (Fsp3) is 0.615. The normalized spacial score (nSPS) is 16.1. The minimum Gasteiger partial charge on any atom is -0.409 e. The number of aryl methyl sites for hydroxylation is 1. The lowest BCUT2D eigenvalue weighted by Crippen LogP contribution is -2.44. The van der Waals surface area contributed by atoms with Crippen LogP contribution in [0.25, 0.3) is 0 Å². The van der Waals surface area contributed by atoms with Gasteiger partial charge in [-0.15, -0.1) is 5.10 Å². The fourth-order valence-corrected chi connectivity index (χ4v) is 2.42. The Kier molecular flexibility index (Phi) is 4.39. The molecular formula is C13H21N5O2. The largest absolute Gasteiger partial charge is 0.409 e. The van der Waals surface area contributed by atoms with Gasteiger partial charge in [-0.2, -0.15) is 5.10 Å². The van der Waals surface area contributed by atoms with Gasteiger partial charge in [0.25, 0.3) is 0 Å². The lowest BCUT2D eigenvalue weighted by Gasteiger charge is -2.38. The molecule has 0 bridgehead atoms. The Labute approximate surface area is 118 Å². The molecule has 1 aliphatic carbocycles. The lowest BCUT2D eigenvalue weighted by molar-refractivity contribution is 0.282. The van der Waals surface area contributed by atoms with Crippen LogP contribution in [0.5, 0.6) is 0 Å². The van der Waals surface area contributed by atoms with Crippen LogP contribution in [-0.2, 0) is 0 Å². The first-order chi connectivity index (χ1) is 9.60. The predicted octanol–water partition coefficient (Wildman–Crippen LogP) is 0.539. The van der Waals surface area contributed by atoms with E-state index in [1.165, 1.54) is 6.42 Å². The van der Waals surface area contributed by atoms with Crippen molar-refractivity contribution in [2.45, 2.75) is 39.2 Å². The van der Waals surface area contributed by atoms with Crippen LogP contribution in [0.4, 0.5) is 5.82 Å². The van der Waals surface area contributed by atoms with Gasteiger partial charge in [0.2, 0.25) is 0 Å². The van der Waals surface area contributed by atoms with Crippen LogP contribution in [0.15, 0.2) is 5.16 Å². The second kappa shape index (κ2) is 6.04. The molecule has 0 aromatic carbocycles. The van der Waals surface area contributed by atoms with E-state index >= 15 is 0 Å². The average Bonchev–Trinajstić information content (AvgIpc) is 2.38. The van der Waals surface area contributed by atoms with E-state index < -0.39 is 0 Å². The van der Waals surface area contributed by atoms with Gasteiger partial charge in [-0.05, 0) is 38.7 Å². The summed E-state index contributed by atoms with van der Waals surface area (Å²) in [7, 11) is 0. The molecule has 1 aliphatic rings. The van der Waals surface area contributed by atoms with E-state index in [0.717, 1.165) is 24.1 Å². The summed E-state index contributed by atoms with van der Waals surface area (Å²) in [4.78, 5) is 2.01. The molecule has 0 saturated heterocycles. The summed E-state index contributed by atoms with van der Waals surface area (Å²) >= 11 is 0. The molecule has 0 atom stereocenters. The van der Waals surface area contributed by atoms with Crippen LogP contribution >= 0.6 is 0 Å². The van der Waals surface area contributed by atoms with Crippen LogP contribution in [0.3, 0.4) is 0 Å². The molecule has 1 fully saturated rings. The molecule has 1 saturated carbocycles. The molecular weight excluding hydrogens is 258 g/mol. The number of oxime groups is 1. The number of aliphatic hydroxyl groups is 1. The van der Waals surface area contributed by atoms with E-state index in [2.05, 4.69) is 15.4 Å². The molecule has 0 spiro atoms. The van der Waals surface area contributed by atoms with Crippen molar-refractivity contribution in [3.05, 3.63) is 16.8 Å². The summed E-state index contributed by atoms with van der Waals surface area (Å²) in [6.45, 7) is 4.20. The molecule has 4 N–H and O–H groups in total. The number of aromatic nitrogens is 2. The maximum atomic E-state index is 9.28. The van der Waals surface area contributed by atoms with Crippen LogP contribution in [0, 0.1) is 13.8 Å². The van der Waals surface area contributed by atoms with Crippen LogP contribution in [0.2, 0.25) is 0 Å². The topological polar surface area (TPSA) is 108 Å². The number of hydrogen-bond acceptors (Lipinski definition) is 6. The lowest BCUT2D eigenvalue weighted by atomic mass is 9.91. The molecule has 7 heteroatoms. The van der Waals surface area contributed by atoms with Gasteiger partial charge in [0.15, 0.2) is 11.7 Å². The Morgan fingerprint density at radius 3 is 2.60 bits per heavy atom. The third kappa shape index (κ3) is 2.53. The minimum absolute atomic E-state index is 0.0257. The molecule has 0 unspecified atom stereocenters. The van der Waals surface area contributed by atoms with Crippen LogP contribution in [-0.4, -0.2) is 45.5 Å². The van der Waals surface area contributed by atoms with Crippen molar-refractivity contribution in [2.75, 3.05) is 18.1 Å². The molecule has 0 aliphatic heterocycles. The molecule has 0 radical (unpaired) electrons. The summed E-state index contributed by atoms with van der Waals surface area (Å²) in [6.07, 6.45) is 3.29. The molecule has 20 heavy (non-hydrogen) atoms. The van der Waals surface area contributed by atoms with Gasteiger partial charge in [-0.25, -0.2) is 0 Å². The fourth-order valence-electron chi connectivity index (χ4n) is 2.42. The monoisotopic (exact) mass is 279 g/mol. The highest BCUT2D eigenvalue weighted by Gasteiger charge is 2.29. The minimum atomic E-state index is 0.0257. The molecule has 0 amide bonds. The summed E-state index contributed by atoms with van der Waals surface area (Å²) in [6, 6.07) is 0.337. The maximum absolute atomic E-state index is 9.28. The van der Waals surface area contributed by atoms with E-state index in [0.29, 0.717) is 24.0 Å². The Balaban J connectivity index is 2.50. The van der Waals surface area contributed by atoms with Gasteiger partial charge < -0.3 is 20.9 Å². The van der Waals surface area contributed by atoms with Crippen LogP contribution in [0.1, 0.15) is 36.1 Å². The third-order valence-electron chi connectivity index (χ3n) is 3.93. The van der Waals surface area contributed by atoms with Gasteiger partial charge in [0, 0.05) is 12.6 Å². The highest BCUT2D eigenvalue weighted by atomic mass is 16.4. The smallest absolute Gasteiger partial charge is 0.174 e. The average molecular weight is 279 g/mol. The van der Waals surface area contributed by atoms with Crippen molar-refractivity contribution in [3.8, 4) is 0 Å². The number of hydrogen-bond donors (Lipinski definition) is 3. The quantitative estimate of drug-likeness (QED) is 0.314. The Hall–Kier alpha value is -1.89. The van der Waals surface area contributed by atoms with E-state index in [1.54, 1.807) is 0 Å². The van der Waals surface area contributed by atoms with Crippen molar-refractivity contribution < 1.29 is 10.3 Å². The highest BCUT2D eigenvalue weighted by molar-refractivity contribution is 6.02. The van der Waals surface area contributed by atoms with E-state index in [9.17, 15) is 5.11 Å². The number of nitrogens with two attached hydrogens (primary N) is 1. The van der Waals surface area contributed by atoms with Gasteiger partial charge in [-0.1, -0.05) is 5.16 Å². The number of aliphatic hydroxyl groups excluding tert-OH is 1. The van der Waals surface area contributed by atoms with Gasteiger partial charge in [0.1, 0.15) is 0 Å². The second-order valence-electron chi connectivity index (χ2n) is 5.10. The SMILES string of the molecule is Cc1nnc(N(CCO)C2CCC2)c(C(N)=NO)c1C. The molecule has 1 aromatic heterocycles. The molecule has 110 valence electrons. The Bertz CT molecular complexity index is 514. The van der Waals surface area contributed by atoms with Crippen molar-refractivity contribution in [3.63, 3.8) is 0 Å². The van der Waals surface area contributed by atoms with E-state index in [1.807, 2.05) is 18.7 Å². The number of amidine groups is 1. The van der Waals surface area contributed by atoms with Crippen molar-refractivity contribution in [1.82, 2.24) is 10.2 Å². The first kappa shape index (κ1) is 14.5. The molecule has 1 heterocycles. The van der Waals surface area contributed by atoms with Gasteiger partial charge in [-0.3, -0.25) is 0 Å². The van der Waals surface area contributed by atoms with Gasteiger partial charge in [0.05, 0.1) is 17.9 Å². The van der Waals surface area contributed by atoms with Crippen LogP contribution < -0.4 is 10.6 Å². The van der Waals surface area contributed by atoms with Crippen molar-refractivity contribution in [2.24, 2.45) is 10.9 Å². The zero-order chi connectivity index (χ0) is 14.7. The maximum Gasteiger partial charge on any atom is 0.174 e. The Morgan fingerprint density at radius 2 is 2.10 bits per heavy atom. The van der Waals surface area contributed by atoms with Crippen molar-refractivity contribution >= 4 is 11.7 Å². The van der Waals surface area contributed by atoms with Gasteiger partial charge >= 0.3 is 0 Å². The zero-order valence-electron chi connectivity index (χ0n) is 11.9. The highest BCUT2D eigenvalue weighted by Crippen LogP contribution is 2.31. The summed E-state index contributed by atoms with van der Waals surface area (Å²) in [5.41, 5.74) is 7.98. The molecule has 2 rings (SSSR count). The number of rotatable bonds is 5. The first-order valence-corrected chi connectivity index (χ1v) is 6.79. The third-order valence-corrected chi connectivity index (χ3v) is 3.93. The number of anilines is 1. The zero-order valence-corrected chi connectivity index (χ0v) is 11.9. The van der Waals surface area contributed by atoms with Crippen molar-refractivity contribution in [1.29, 1.82) is 0 Å².